The Bertz CT molecular complexity index is 615. The number of amides is 1. The Labute approximate surface area is 136 Å². The van der Waals surface area contributed by atoms with Gasteiger partial charge in [-0.05, 0) is 44.4 Å². The smallest absolute Gasteiger partial charge is 0.222 e. The highest BCUT2D eigenvalue weighted by atomic mass is 35.5. The molecule has 5 heteroatoms. The number of nitrogens with zero attached hydrogens (tertiary/aromatic N) is 2. The highest BCUT2D eigenvalue weighted by Crippen LogP contribution is 2.16. The first-order chi connectivity index (χ1) is 10.5. The van der Waals surface area contributed by atoms with Crippen LogP contribution in [0.4, 0.5) is 0 Å². The third-order valence-electron chi connectivity index (χ3n) is 3.77. The maximum absolute atomic E-state index is 12.2. The van der Waals surface area contributed by atoms with Crippen LogP contribution >= 0.6 is 11.6 Å². The third-order valence-corrected chi connectivity index (χ3v) is 4.02. The van der Waals surface area contributed by atoms with E-state index in [1.165, 1.54) is 5.56 Å². The van der Waals surface area contributed by atoms with Gasteiger partial charge in [-0.2, -0.15) is 0 Å². The van der Waals surface area contributed by atoms with E-state index in [2.05, 4.69) is 5.16 Å². The van der Waals surface area contributed by atoms with Crippen LogP contribution in [0, 0.1) is 13.8 Å². The minimum absolute atomic E-state index is 0.133. The number of carbonyl (C=O) groups excluding carboxylic acids is 1. The van der Waals surface area contributed by atoms with Gasteiger partial charge in [-0.3, -0.25) is 4.79 Å². The van der Waals surface area contributed by atoms with Crippen LogP contribution in [-0.4, -0.2) is 23.0 Å². The Hall–Kier alpha value is -1.81. The molecule has 0 radical (unpaired) electrons. The summed E-state index contributed by atoms with van der Waals surface area (Å²) in [5.41, 5.74) is 3.04. The van der Waals surface area contributed by atoms with Crippen LogP contribution in [0.5, 0.6) is 0 Å². The first kappa shape index (κ1) is 16.6. The molecule has 0 atom stereocenters. The average molecular weight is 321 g/mol. The Morgan fingerprint density at radius 2 is 1.95 bits per heavy atom. The molecule has 118 valence electrons. The third kappa shape index (κ3) is 4.34. The van der Waals surface area contributed by atoms with Gasteiger partial charge in [-0.15, -0.1) is 0 Å². The maximum atomic E-state index is 12.2. The van der Waals surface area contributed by atoms with Gasteiger partial charge in [0.25, 0.3) is 0 Å². The monoisotopic (exact) mass is 320 g/mol. The number of aryl methyl sites for hydroxylation is 3. The molecule has 0 fully saturated rings. The van der Waals surface area contributed by atoms with Crippen LogP contribution in [0.3, 0.4) is 0 Å². The largest absolute Gasteiger partial charge is 0.361 e. The zero-order valence-corrected chi connectivity index (χ0v) is 14.0. The number of rotatable bonds is 6. The molecule has 1 heterocycles. The Balaban J connectivity index is 1.80. The lowest BCUT2D eigenvalue weighted by Crippen LogP contribution is -2.26. The molecule has 2 aromatic rings. The molecule has 1 aromatic heterocycles. The molecular weight excluding hydrogens is 300 g/mol. The van der Waals surface area contributed by atoms with Gasteiger partial charge in [0.2, 0.25) is 5.91 Å². The molecule has 0 unspecified atom stereocenters. The van der Waals surface area contributed by atoms with E-state index in [0.29, 0.717) is 13.0 Å². The number of carbonyl (C=O) groups is 1. The SMILES string of the molecule is Cc1noc(C)c1CN(C)C(=O)CCCc1ccc(Cl)cc1. The van der Waals surface area contributed by atoms with Crippen molar-refractivity contribution in [1.82, 2.24) is 10.1 Å². The molecule has 0 N–H and O–H groups in total. The van der Waals surface area contributed by atoms with Crippen LogP contribution in [-0.2, 0) is 17.8 Å². The van der Waals surface area contributed by atoms with Crippen molar-refractivity contribution in [3.05, 3.63) is 51.9 Å². The molecule has 0 saturated carbocycles. The van der Waals surface area contributed by atoms with Crippen molar-refractivity contribution in [1.29, 1.82) is 0 Å². The van der Waals surface area contributed by atoms with E-state index in [4.69, 9.17) is 16.1 Å². The molecule has 2 rings (SSSR count). The van der Waals surface area contributed by atoms with Crippen LogP contribution in [0.25, 0.3) is 0 Å². The Morgan fingerprint density at radius 3 is 2.55 bits per heavy atom. The van der Waals surface area contributed by atoms with E-state index < -0.39 is 0 Å². The number of benzene rings is 1. The van der Waals surface area contributed by atoms with E-state index in [1.807, 2.05) is 45.2 Å². The molecule has 22 heavy (non-hydrogen) atoms. The topological polar surface area (TPSA) is 46.3 Å². The fourth-order valence-electron chi connectivity index (χ4n) is 2.34. The van der Waals surface area contributed by atoms with E-state index in [9.17, 15) is 4.79 Å². The zero-order valence-electron chi connectivity index (χ0n) is 13.2. The van der Waals surface area contributed by atoms with Crippen molar-refractivity contribution in [3.63, 3.8) is 0 Å². The Morgan fingerprint density at radius 1 is 1.27 bits per heavy atom. The van der Waals surface area contributed by atoms with Crippen molar-refractivity contribution in [2.75, 3.05) is 7.05 Å². The standard InChI is InChI=1S/C17H21ClN2O2/c1-12-16(13(2)22-19-12)11-20(3)17(21)6-4-5-14-7-9-15(18)10-8-14/h7-10H,4-6,11H2,1-3H3. The zero-order chi connectivity index (χ0) is 16.1. The molecule has 4 nitrogen and oxygen atoms in total. The summed E-state index contributed by atoms with van der Waals surface area (Å²) in [6, 6.07) is 7.76. The lowest BCUT2D eigenvalue weighted by Gasteiger charge is -2.17. The maximum Gasteiger partial charge on any atom is 0.222 e. The van der Waals surface area contributed by atoms with Gasteiger partial charge >= 0.3 is 0 Å². The molecule has 0 aliphatic carbocycles. The summed E-state index contributed by atoms with van der Waals surface area (Å²) in [6.07, 6.45) is 2.23. The van der Waals surface area contributed by atoms with Gasteiger partial charge in [0.1, 0.15) is 5.76 Å². The first-order valence-corrected chi connectivity index (χ1v) is 7.75. The summed E-state index contributed by atoms with van der Waals surface area (Å²) in [7, 11) is 1.82. The average Bonchev–Trinajstić information content (AvgIpc) is 2.81. The highest BCUT2D eigenvalue weighted by Gasteiger charge is 2.15. The van der Waals surface area contributed by atoms with Gasteiger partial charge in [-0.25, -0.2) is 0 Å². The number of hydrogen-bond acceptors (Lipinski definition) is 3. The van der Waals surface area contributed by atoms with E-state index in [1.54, 1.807) is 4.90 Å². The highest BCUT2D eigenvalue weighted by molar-refractivity contribution is 6.30. The fraction of sp³-hybridized carbons (Fsp3) is 0.412. The van der Waals surface area contributed by atoms with Gasteiger partial charge in [0.05, 0.1) is 12.2 Å². The lowest BCUT2D eigenvalue weighted by atomic mass is 10.1. The summed E-state index contributed by atoms with van der Waals surface area (Å²) in [4.78, 5) is 13.9. The molecule has 0 saturated heterocycles. The molecule has 0 aliphatic rings. The summed E-state index contributed by atoms with van der Waals surface area (Å²) in [6.45, 7) is 4.31. The normalized spacial score (nSPS) is 10.7. The van der Waals surface area contributed by atoms with Crippen molar-refractivity contribution in [3.8, 4) is 0 Å². The quantitative estimate of drug-likeness (QED) is 0.810. The van der Waals surface area contributed by atoms with Crippen LogP contribution < -0.4 is 0 Å². The van der Waals surface area contributed by atoms with Gasteiger partial charge in [0, 0.05) is 24.1 Å². The second kappa shape index (κ2) is 7.45. The summed E-state index contributed by atoms with van der Waals surface area (Å²) < 4.78 is 5.13. The van der Waals surface area contributed by atoms with Crippen LogP contribution in [0.2, 0.25) is 5.02 Å². The molecule has 1 amide bonds. The summed E-state index contributed by atoms with van der Waals surface area (Å²) in [5.74, 6) is 0.910. The summed E-state index contributed by atoms with van der Waals surface area (Å²) in [5, 5.41) is 4.65. The minimum Gasteiger partial charge on any atom is -0.361 e. The van der Waals surface area contributed by atoms with Crippen molar-refractivity contribution < 1.29 is 9.32 Å². The van der Waals surface area contributed by atoms with Gasteiger partial charge in [-0.1, -0.05) is 28.9 Å². The Kier molecular flexibility index (Phi) is 5.61. The molecular formula is C17H21ClN2O2. The van der Waals surface area contributed by atoms with E-state index in [0.717, 1.165) is 34.9 Å². The molecule has 1 aromatic carbocycles. The number of hydrogen-bond donors (Lipinski definition) is 0. The minimum atomic E-state index is 0.133. The van der Waals surface area contributed by atoms with Crippen molar-refractivity contribution in [2.24, 2.45) is 0 Å². The fourth-order valence-corrected chi connectivity index (χ4v) is 2.46. The van der Waals surface area contributed by atoms with Crippen molar-refractivity contribution in [2.45, 2.75) is 39.7 Å². The van der Waals surface area contributed by atoms with E-state index in [-0.39, 0.29) is 5.91 Å². The number of halogens is 1. The number of aromatic nitrogens is 1. The van der Waals surface area contributed by atoms with Gasteiger partial charge < -0.3 is 9.42 Å². The molecule has 0 spiro atoms. The van der Waals surface area contributed by atoms with E-state index >= 15 is 0 Å². The van der Waals surface area contributed by atoms with Crippen LogP contribution in [0.1, 0.15) is 35.4 Å². The second-order valence-corrected chi connectivity index (χ2v) is 5.97. The second-order valence-electron chi connectivity index (χ2n) is 5.53. The predicted octanol–water partition coefficient (Wildman–Crippen LogP) is 3.93. The van der Waals surface area contributed by atoms with Crippen LogP contribution in [0.15, 0.2) is 28.8 Å². The van der Waals surface area contributed by atoms with Crippen molar-refractivity contribution >= 4 is 17.5 Å². The molecule has 0 bridgehead atoms. The summed E-state index contributed by atoms with van der Waals surface area (Å²) >= 11 is 5.86. The predicted molar refractivity (Wildman–Crippen MR) is 86.8 cm³/mol. The van der Waals surface area contributed by atoms with Gasteiger partial charge in [0.15, 0.2) is 0 Å². The first-order valence-electron chi connectivity index (χ1n) is 7.37. The molecule has 0 aliphatic heterocycles. The lowest BCUT2D eigenvalue weighted by molar-refractivity contribution is -0.130.